The third-order valence-electron chi connectivity index (χ3n) is 5.51. The number of ether oxygens (including phenoxy) is 1. The maximum absolute atomic E-state index is 13.0. The summed E-state index contributed by atoms with van der Waals surface area (Å²) in [5.41, 5.74) is -0.0798. The standard InChI is InChI=1S/C16H27N3O3/c1-17(2)15(21)19-11-13(14(20)18-7-3-4-8-18)16(12-19)5-9-22-10-6-16/h13H,3-12H2,1-2H3/t13-/m0/s1. The van der Waals surface area contributed by atoms with E-state index in [1.54, 1.807) is 19.0 Å². The van der Waals surface area contributed by atoms with Gasteiger partial charge >= 0.3 is 6.03 Å². The first-order valence-electron chi connectivity index (χ1n) is 8.36. The van der Waals surface area contributed by atoms with Gasteiger partial charge in [-0.1, -0.05) is 0 Å². The van der Waals surface area contributed by atoms with Gasteiger partial charge in [0.2, 0.25) is 5.91 Å². The number of carbonyl (C=O) groups excluding carboxylic acids is 2. The molecule has 3 fully saturated rings. The van der Waals surface area contributed by atoms with Crippen molar-refractivity contribution in [3.63, 3.8) is 0 Å². The smallest absolute Gasteiger partial charge is 0.319 e. The van der Waals surface area contributed by atoms with Crippen molar-refractivity contribution in [3.8, 4) is 0 Å². The maximum Gasteiger partial charge on any atom is 0.319 e. The molecule has 3 rings (SSSR count). The molecule has 6 heteroatoms. The summed E-state index contributed by atoms with van der Waals surface area (Å²) in [5, 5.41) is 0. The van der Waals surface area contributed by atoms with Gasteiger partial charge in [-0.15, -0.1) is 0 Å². The van der Waals surface area contributed by atoms with Crippen LogP contribution in [-0.4, -0.2) is 80.1 Å². The van der Waals surface area contributed by atoms with Crippen molar-refractivity contribution in [3.05, 3.63) is 0 Å². The highest BCUT2D eigenvalue weighted by Gasteiger charge is 2.53. The lowest BCUT2D eigenvalue weighted by atomic mass is 9.71. The molecule has 0 aromatic rings. The molecule has 0 saturated carbocycles. The molecule has 0 N–H and O–H groups in total. The predicted molar refractivity (Wildman–Crippen MR) is 82.4 cm³/mol. The van der Waals surface area contributed by atoms with Gasteiger partial charge < -0.3 is 19.4 Å². The van der Waals surface area contributed by atoms with Gasteiger partial charge in [0.1, 0.15) is 0 Å². The van der Waals surface area contributed by atoms with E-state index in [1.165, 1.54) is 0 Å². The summed E-state index contributed by atoms with van der Waals surface area (Å²) in [7, 11) is 3.54. The molecule has 1 atom stereocenters. The predicted octanol–water partition coefficient (Wildman–Crippen LogP) is 1.02. The summed E-state index contributed by atoms with van der Waals surface area (Å²) in [5.74, 6) is 0.201. The minimum absolute atomic E-state index is 0.0163. The van der Waals surface area contributed by atoms with E-state index in [0.717, 1.165) is 38.8 Å². The summed E-state index contributed by atoms with van der Waals surface area (Å²) in [6.07, 6.45) is 3.98. The molecule has 3 amide bonds. The number of urea groups is 1. The van der Waals surface area contributed by atoms with E-state index in [2.05, 4.69) is 0 Å². The van der Waals surface area contributed by atoms with E-state index in [0.29, 0.717) is 26.3 Å². The second kappa shape index (κ2) is 6.07. The summed E-state index contributed by atoms with van der Waals surface area (Å²) in [6, 6.07) is 0.0163. The van der Waals surface area contributed by atoms with Gasteiger partial charge in [0.25, 0.3) is 0 Å². The normalized spacial score (nSPS) is 27.5. The third kappa shape index (κ3) is 2.69. The van der Waals surface area contributed by atoms with E-state index >= 15 is 0 Å². The Hall–Kier alpha value is -1.30. The highest BCUT2D eigenvalue weighted by Crippen LogP contribution is 2.45. The molecule has 3 aliphatic heterocycles. The topological polar surface area (TPSA) is 53.1 Å². The minimum atomic E-state index is -0.0798. The van der Waals surface area contributed by atoms with E-state index in [4.69, 9.17) is 4.74 Å². The zero-order valence-corrected chi connectivity index (χ0v) is 13.7. The van der Waals surface area contributed by atoms with E-state index < -0.39 is 0 Å². The van der Waals surface area contributed by atoms with Crippen molar-refractivity contribution in [2.24, 2.45) is 11.3 Å². The monoisotopic (exact) mass is 309 g/mol. The Labute approximate surface area is 132 Å². The molecule has 0 aromatic heterocycles. The number of amides is 3. The lowest BCUT2D eigenvalue weighted by Crippen LogP contribution is -2.45. The Balaban J connectivity index is 1.80. The largest absolute Gasteiger partial charge is 0.381 e. The molecule has 1 spiro atoms. The van der Waals surface area contributed by atoms with Crippen molar-refractivity contribution in [2.45, 2.75) is 25.7 Å². The van der Waals surface area contributed by atoms with Crippen LogP contribution in [0.15, 0.2) is 0 Å². The first kappa shape index (κ1) is 15.6. The average molecular weight is 309 g/mol. The third-order valence-corrected chi connectivity index (χ3v) is 5.51. The van der Waals surface area contributed by atoms with Gasteiger partial charge in [-0.25, -0.2) is 4.79 Å². The fraction of sp³-hybridized carbons (Fsp3) is 0.875. The first-order chi connectivity index (χ1) is 10.5. The quantitative estimate of drug-likeness (QED) is 0.727. The van der Waals surface area contributed by atoms with Crippen LogP contribution in [0.1, 0.15) is 25.7 Å². The summed E-state index contributed by atoms with van der Waals surface area (Å²) < 4.78 is 5.51. The maximum atomic E-state index is 13.0. The van der Waals surface area contributed by atoms with Crippen LogP contribution < -0.4 is 0 Å². The zero-order chi connectivity index (χ0) is 15.7. The van der Waals surface area contributed by atoms with Gasteiger partial charge in [-0.05, 0) is 25.7 Å². The second-order valence-corrected chi connectivity index (χ2v) is 7.12. The van der Waals surface area contributed by atoms with Gasteiger partial charge in [-0.2, -0.15) is 0 Å². The first-order valence-corrected chi connectivity index (χ1v) is 8.36. The van der Waals surface area contributed by atoms with Crippen LogP contribution in [0.25, 0.3) is 0 Å². The van der Waals surface area contributed by atoms with E-state index in [9.17, 15) is 9.59 Å². The Morgan fingerprint density at radius 3 is 2.32 bits per heavy atom. The van der Waals surface area contributed by atoms with Crippen molar-refractivity contribution in [1.29, 1.82) is 0 Å². The van der Waals surface area contributed by atoms with Gasteiger partial charge in [0.05, 0.1) is 5.92 Å². The lowest BCUT2D eigenvalue weighted by Gasteiger charge is -2.38. The van der Waals surface area contributed by atoms with Crippen LogP contribution in [0.2, 0.25) is 0 Å². The molecule has 3 heterocycles. The van der Waals surface area contributed by atoms with Crippen LogP contribution in [-0.2, 0) is 9.53 Å². The molecule has 124 valence electrons. The minimum Gasteiger partial charge on any atom is -0.381 e. The number of carbonyl (C=O) groups is 2. The molecule has 0 aromatic carbocycles. The zero-order valence-electron chi connectivity index (χ0n) is 13.7. The van der Waals surface area contributed by atoms with E-state index in [1.807, 2.05) is 9.80 Å². The van der Waals surface area contributed by atoms with Crippen molar-refractivity contribution >= 4 is 11.9 Å². The van der Waals surface area contributed by atoms with Crippen LogP contribution in [0, 0.1) is 11.3 Å². The molecule has 3 aliphatic rings. The van der Waals surface area contributed by atoms with Crippen LogP contribution in [0.4, 0.5) is 4.79 Å². The molecule has 6 nitrogen and oxygen atoms in total. The number of hydrogen-bond acceptors (Lipinski definition) is 3. The Morgan fingerprint density at radius 1 is 1.09 bits per heavy atom. The summed E-state index contributed by atoms with van der Waals surface area (Å²) in [4.78, 5) is 30.8. The Kier molecular flexibility index (Phi) is 4.30. The van der Waals surface area contributed by atoms with Crippen LogP contribution >= 0.6 is 0 Å². The average Bonchev–Trinajstić information content (AvgIpc) is 3.15. The van der Waals surface area contributed by atoms with Crippen LogP contribution in [0.5, 0.6) is 0 Å². The van der Waals surface area contributed by atoms with Gasteiger partial charge in [0.15, 0.2) is 0 Å². The number of likely N-dealkylation sites (tertiary alicyclic amines) is 2. The molecule has 0 bridgehead atoms. The van der Waals surface area contributed by atoms with Gasteiger partial charge in [0, 0.05) is 58.9 Å². The molecule has 22 heavy (non-hydrogen) atoms. The highest BCUT2D eigenvalue weighted by molar-refractivity contribution is 5.83. The van der Waals surface area contributed by atoms with Gasteiger partial charge in [-0.3, -0.25) is 4.79 Å². The summed E-state index contributed by atoms with van der Waals surface area (Å²) >= 11 is 0. The Bertz CT molecular complexity index is 440. The summed E-state index contributed by atoms with van der Waals surface area (Å²) in [6.45, 7) is 4.42. The lowest BCUT2D eigenvalue weighted by molar-refractivity contribution is -0.139. The molecule has 0 radical (unpaired) electrons. The fourth-order valence-electron chi connectivity index (χ4n) is 4.18. The van der Waals surface area contributed by atoms with Crippen molar-refractivity contribution in [1.82, 2.24) is 14.7 Å². The molecular formula is C16H27N3O3. The van der Waals surface area contributed by atoms with Crippen molar-refractivity contribution < 1.29 is 14.3 Å². The molecule has 0 unspecified atom stereocenters. The Morgan fingerprint density at radius 2 is 1.73 bits per heavy atom. The SMILES string of the molecule is CN(C)C(=O)N1C[C@@H](C(=O)N2CCCC2)C2(CCOCC2)C1. The number of nitrogens with zero attached hydrogens (tertiary/aromatic N) is 3. The molecular weight excluding hydrogens is 282 g/mol. The molecule has 0 aliphatic carbocycles. The number of hydrogen-bond donors (Lipinski definition) is 0. The van der Waals surface area contributed by atoms with Crippen molar-refractivity contribution in [2.75, 3.05) is 53.5 Å². The number of rotatable bonds is 1. The second-order valence-electron chi connectivity index (χ2n) is 7.12. The fourth-order valence-corrected chi connectivity index (χ4v) is 4.18. The molecule has 3 saturated heterocycles. The van der Waals surface area contributed by atoms with E-state index in [-0.39, 0.29) is 23.3 Å². The highest BCUT2D eigenvalue weighted by atomic mass is 16.5. The van der Waals surface area contributed by atoms with Crippen LogP contribution in [0.3, 0.4) is 0 Å².